The minimum Gasteiger partial charge on any atom is -0.309 e. The molecule has 0 saturated heterocycles. The Kier molecular flexibility index (Phi) is 4.11. The van der Waals surface area contributed by atoms with Crippen LogP contribution >= 0.6 is 0 Å². The second-order valence-electron chi connectivity index (χ2n) is 8.43. The first-order valence-electron chi connectivity index (χ1n) is 11.3. The zero-order chi connectivity index (χ0) is 22.5. The molecule has 0 aliphatic carbocycles. The van der Waals surface area contributed by atoms with Gasteiger partial charge in [-0.15, -0.1) is 0 Å². The van der Waals surface area contributed by atoms with E-state index in [0.717, 1.165) is 39.1 Å². The Hall–Kier alpha value is -4.70. The summed E-state index contributed by atoms with van der Waals surface area (Å²) >= 11 is 0. The zero-order valence-electron chi connectivity index (χ0n) is 18.3. The number of aromatic nitrogens is 4. The Morgan fingerprint density at radius 1 is 0.559 bits per heavy atom. The molecule has 0 spiro atoms. The molecule has 4 aromatic carbocycles. The second-order valence-corrected chi connectivity index (χ2v) is 8.43. The lowest BCUT2D eigenvalue weighted by Crippen LogP contribution is -1.98. The molecule has 0 N–H and O–H groups in total. The standard InChI is InChI=1S/C30H20N4/c1-3-13-28-22(8-1)20-32-34(28)24-15-16-26-25-11-2-4-14-29(25)33(30(26)19-24)23-10-7-9-21(18-23)27-12-5-6-17-31-27/h1-20H. The molecule has 7 rings (SSSR count). The van der Waals surface area contributed by atoms with Crippen molar-refractivity contribution < 1.29 is 0 Å². The Bertz CT molecular complexity index is 1810. The van der Waals surface area contributed by atoms with Crippen molar-refractivity contribution in [1.82, 2.24) is 19.3 Å². The highest BCUT2D eigenvalue weighted by atomic mass is 15.3. The summed E-state index contributed by atoms with van der Waals surface area (Å²) in [5.74, 6) is 0. The van der Waals surface area contributed by atoms with E-state index < -0.39 is 0 Å². The Morgan fingerprint density at radius 3 is 2.29 bits per heavy atom. The number of hydrogen-bond donors (Lipinski definition) is 0. The van der Waals surface area contributed by atoms with Crippen molar-refractivity contribution in [3.05, 3.63) is 122 Å². The molecule has 0 bridgehead atoms. The first kappa shape index (κ1) is 18.8. The van der Waals surface area contributed by atoms with Crippen LogP contribution in [0.1, 0.15) is 0 Å². The van der Waals surface area contributed by atoms with Crippen LogP contribution in [0.5, 0.6) is 0 Å². The number of benzene rings is 4. The lowest BCUT2D eigenvalue weighted by molar-refractivity contribution is 0.911. The van der Waals surface area contributed by atoms with Gasteiger partial charge in [0.05, 0.1) is 34.1 Å². The van der Waals surface area contributed by atoms with Crippen LogP contribution < -0.4 is 0 Å². The third-order valence-corrected chi connectivity index (χ3v) is 6.44. The first-order valence-corrected chi connectivity index (χ1v) is 11.3. The van der Waals surface area contributed by atoms with Crippen molar-refractivity contribution in [3.63, 3.8) is 0 Å². The quantitative estimate of drug-likeness (QED) is 0.294. The summed E-state index contributed by atoms with van der Waals surface area (Å²) in [5.41, 5.74) is 7.64. The van der Waals surface area contributed by atoms with Gasteiger partial charge in [-0.1, -0.05) is 60.7 Å². The van der Waals surface area contributed by atoms with Crippen LogP contribution in [0, 0.1) is 0 Å². The summed E-state index contributed by atoms with van der Waals surface area (Å²) < 4.78 is 4.35. The van der Waals surface area contributed by atoms with Gasteiger partial charge in [-0.3, -0.25) is 4.98 Å². The minimum absolute atomic E-state index is 0.966. The SMILES string of the molecule is c1ccc(-c2cccc(-n3c4ccccc4c4ccc(-n5ncc6ccccc65)cc43)c2)nc1. The molecule has 0 radical (unpaired) electrons. The molecule has 7 aromatic rings. The van der Waals surface area contributed by atoms with E-state index in [4.69, 9.17) is 0 Å². The topological polar surface area (TPSA) is 35.6 Å². The highest BCUT2D eigenvalue weighted by Gasteiger charge is 2.14. The fraction of sp³-hybridized carbons (Fsp3) is 0. The van der Waals surface area contributed by atoms with Gasteiger partial charge in [0.1, 0.15) is 0 Å². The molecule has 3 aromatic heterocycles. The van der Waals surface area contributed by atoms with Crippen LogP contribution in [-0.2, 0) is 0 Å². The van der Waals surface area contributed by atoms with Gasteiger partial charge in [0.25, 0.3) is 0 Å². The highest BCUT2D eigenvalue weighted by Crippen LogP contribution is 2.34. The van der Waals surface area contributed by atoms with Crippen LogP contribution in [0.15, 0.2) is 122 Å². The predicted molar refractivity (Wildman–Crippen MR) is 139 cm³/mol. The molecule has 4 heteroatoms. The molecule has 4 nitrogen and oxygen atoms in total. The van der Waals surface area contributed by atoms with Crippen LogP contribution in [-0.4, -0.2) is 19.3 Å². The minimum atomic E-state index is 0.966. The van der Waals surface area contributed by atoms with Crippen molar-refractivity contribution in [2.24, 2.45) is 0 Å². The van der Waals surface area contributed by atoms with Crippen LogP contribution in [0.2, 0.25) is 0 Å². The van der Waals surface area contributed by atoms with Gasteiger partial charge in [0.15, 0.2) is 0 Å². The molecule has 3 heterocycles. The highest BCUT2D eigenvalue weighted by molar-refractivity contribution is 6.09. The van der Waals surface area contributed by atoms with Crippen LogP contribution in [0.4, 0.5) is 0 Å². The lowest BCUT2D eigenvalue weighted by atomic mass is 10.1. The maximum atomic E-state index is 4.68. The molecular formula is C30H20N4. The third-order valence-electron chi connectivity index (χ3n) is 6.44. The van der Waals surface area contributed by atoms with E-state index >= 15 is 0 Å². The smallest absolute Gasteiger partial charge is 0.0741 e. The van der Waals surface area contributed by atoms with E-state index in [2.05, 4.69) is 99.6 Å². The van der Waals surface area contributed by atoms with Crippen LogP contribution in [0.3, 0.4) is 0 Å². The van der Waals surface area contributed by atoms with Crippen molar-refractivity contribution >= 4 is 32.7 Å². The molecule has 0 amide bonds. The number of fused-ring (bicyclic) bond motifs is 4. The van der Waals surface area contributed by atoms with Crippen molar-refractivity contribution in [1.29, 1.82) is 0 Å². The molecule has 160 valence electrons. The summed E-state index contributed by atoms with van der Waals surface area (Å²) in [6.07, 6.45) is 3.76. The summed E-state index contributed by atoms with van der Waals surface area (Å²) in [6, 6.07) is 38.1. The fourth-order valence-corrected chi connectivity index (χ4v) is 4.88. The largest absolute Gasteiger partial charge is 0.309 e. The molecule has 0 saturated carbocycles. The number of pyridine rings is 1. The maximum absolute atomic E-state index is 4.68. The zero-order valence-corrected chi connectivity index (χ0v) is 18.3. The molecule has 0 fully saturated rings. The Labute approximate surface area is 196 Å². The van der Waals surface area contributed by atoms with E-state index in [1.165, 1.54) is 16.3 Å². The first-order chi connectivity index (χ1) is 16.9. The number of rotatable bonds is 3. The number of hydrogen-bond acceptors (Lipinski definition) is 2. The fourth-order valence-electron chi connectivity index (χ4n) is 4.88. The van der Waals surface area contributed by atoms with Crippen molar-refractivity contribution in [2.75, 3.05) is 0 Å². The van der Waals surface area contributed by atoms with E-state index in [1.807, 2.05) is 41.3 Å². The predicted octanol–water partition coefficient (Wildman–Crippen LogP) is 7.18. The molecular weight excluding hydrogens is 416 g/mol. The average molecular weight is 437 g/mol. The molecule has 0 atom stereocenters. The van der Waals surface area contributed by atoms with Gasteiger partial charge in [-0.2, -0.15) is 5.10 Å². The maximum Gasteiger partial charge on any atom is 0.0741 e. The monoisotopic (exact) mass is 436 g/mol. The van der Waals surface area contributed by atoms with E-state index in [-0.39, 0.29) is 0 Å². The van der Waals surface area contributed by atoms with E-state index in [9.17, 15) is 0 Å². The van der Waals surface area contributed by atoms with E-state index in [0.29, 0.717) is 0 Å². The van der Waals surface area contributed by atoms with Gasteiger partial charge in [0, 0.05) is 33.6 Å². The van der Waals surface area contributed by atoms with Gasteiger partial charge >= 0.3 is 0 Å². The van der Waals surface area contributed by atoms with Gasteiger partial charge in [-0.05, 0) is 48.5 Å². The van der Waals surface area contributed by atoms with Gasteiger partial charge < -0.3 is 4.57 Å². The second kappa shape index (κ2) is 7.42. The Morgan fingerprint density at radius 2 is 1.38 bits per heavy atom. The molecule has 0 unspecified atom stereocenters. The summed E-state index contributed by atoms with van der Waals surface area (Å²) in [6.45, 7) is 0. The molecule has 34 heavy (non-hydrogen) atoms. The van der Waals surface area contributed by atoms with Crippen LogP contribution in [0.25, 0.3) is 55.3 Å². The number of para-hydroxylation sites is 2. The van der Waals surface area contributed by atoms with E-state index in [1.54, 1.807) is 0 Å². The normalized spacial score (nSPS) is 11.5. The lowest BCUT2D eigenvalue weighted by Gasteiger charge is -2.11. The van der Waals surface area contributed by atoms with Crippen molar-refractivity contribution in [2.45, 2.75) is 0 Å². The van der Waals surface area contributed by atoms with Crippen molar-refractivity contribution in [3.8, 4) is 22.6 Å². The van der Waals surface area contributed by atoms with Gasteiger partial charge in [0.2, 0.25) is 0 Å². The number of nitrogens with zero attached hydrogens (tertiary/aromatic N) is 4. The Balaban J connectivity index is 1.50. The molecule has 0 aliphatic rings. The van der Waals surface area contributed by atoms with Gasteiger partial charge in [-0.25, -0.2) is 4.68 Å². The average Bonchev–Trinajstić information content (AvgIpc) is 3.48. The summed E-state index contributed by atoms with van der Waals surface area (Å²) in [5, 5.41) is 8.27. The summed E-state index contributed by atoms with van der Waals surface area (Å²) in [4.78, 5) is 4.55. The third kappa shape index (κ3) is 2.86. The molecule has 0 aliphatic heterocycles. The summed E-state index contributed by atoms with van der Waals surface area (Å²) in [7, 11) is 0.